The maximum absolute atomic E-state index is 10.4. The number of hydrogen-bond donors (Lipinski definition) is 1. The Balaban J connectivity index is 1.91. The molecule has 3 rings (SSSR count). The molecule has 0 bridgehead atoms. The Morgan fingerprint density at radius 1 is 1.10 bits per heavy atom. The molecule has 1 aromatic heterocycles. The number of nitrogens with zero attached hydrogens (tertiary/aromatic N) is 2. The summed E-state index contributed by atoms with van der Waals surface area (Å²) in [5.41, 5.74) is 4.17. The summed E-state index contributed by atoms with van der Waals surface area (Å²) in [6.07, 6.45) is 0.0126. The van der Waals surface area contributed by atoms with Gasteiger partial charge in [0.05, 0.1) is 17.3 Å². The topological polar surface area (TPSA) is 38.1 Å². The van der Waals surface area contributed by atoms with E-state index in [9.17, 15) is 5.11 Å². The summed E-state index contributed by atoms with van der Waals surface area (Å²) >= 11 is 0. The number of hydrogen-bond acceptors (Lipinski definition) is 2. The molecule has 0 aliphatic rings. The zero-order valence-electron chi connectivity index (χ0n) is 11.7. The Kier molecular flexibility index (Phi) is 3.28. The van der Waals surface area contributed by atoms with E-state index < -0.39 is 6.10 Å². The van der Waals surface area contributed by atoms with Crippen LogP contribution in [0.2, 0.25) is 0 Å². The van der Waals surface area contributed by atoms with Gasteiger partial charge in [-0.3, -0.25) is 4.68 Å². The molecule has 3 nitrogen and oxygen atoms in total. The van der Waals surface area contributed by atoms with Gasteiger partial charge in [-0.1, -0.05) is 48.0 Å². The van der Waals surface area contributed by atoms with E-state index in [0.29, 0.717) is 6.42 Å². The first-order valence-electron chi connectivity index (χ1n) is 6.80. The van der Waals surface area contributed by atoms with Gasteiger partial charge in [0, 0.05) is 18.9 Å². The largest absolute Gasteiger partial charge is 0.388 e. The Labute approximate surface area is 118 Å². The quantitative estimate of drug-likeness (QED) is 0.790. The molecule has 0 aliphatic heterocycles. The molecule has 0 saturated heterocycles. The predicted octanol–water partition coefficient (Wildman–Crippen LogP) is 3.16. The van der Waals surface area contributed by atoms with Crippen LogP contribution in [-0.2, 0) is 13.5 Å². The molecule has 1 N–H and O–H groups in total. The lowest BCUT2D eigenvalue weighted by Crippen LogP contribution is -2.03. The third-order valence-electron chi connectivity index (χ3n) is 3.68. The van der Waals surface area contributed by atoms with E-state index in [0.717, 1.165) is 22.2 Å². The highest BCUT2D eigenvalue weighted by Gasteiger charge is 2.14. The SMILES string of the molecule is Cc1ccc(C(O)Cc2nn(C)c3ccccc23)cc1. The molecule has 3 aromatic rings. The van der Waals surface area contributed by atoms with Crippen molar-refractivity contribution >= 4 is 10.9 Å². The maximum atomic E-state index is 10.4. The van der Waals surface area contributed by atoms with Crippen LogP contribution in [0.1, 0.15) is 22.9 Å². The summed E-state index contributed by atoms with van der Waals surface area (Å²) < 4.78 is 1.87. The van der Waals surface area contributed by atoms with Crippen LogP contribution in [0.3, 0.4) is 0 Å². The number of para-hydroxylation sites is 1. The molecule has 20 heavy (non-hydrogen) atoms. The first-order valence-corrected chi connectivity index (χ1v) is 6.80. The number of fused-ring (bicyclic) bond motifs is 1. The summed E-state index contributed by atoms with van der Waals surface area (Å²) in [5.74, 6) is 0. The van der Waals surface area contributed by atoms with Crippen LogP contribution in [0.25, 0.3) is 10.9 Å². The van der Waals surface area contributed by atoms with Crippen molar-refractivity contribution in [3.05, 3.63) is 65.4 Å². The van der Waals surface area contributed by atoms with Crippen molar-refractivity contribution in [3.8, 4) is 0 Å². The maximum Gasteiger partial charge on any atom is 0.0846 e. The van der Waals surface area contributed by atoms with E-state index in [2.05, 4.69) is 11.2 Å². The molecule has 2 aromatic carbocycles. The standard InChI is InChI=1S/C17H18N2O/c1-12-7-9-13(10-8-12)17(20)11-15-14-5-3-4-6-16(14)19(2)18-15/h3-10,17,20H,11H2,1-2H3. The lowest BCUT2D eigenvalue weighted by Gasteiger charge is -2.10. The van der Waals surface area contributed by atoms with Gasteiger partial charge >= 0.3 is 0 Å². The number of aliphatic hydroxyl groups is 1. The lowest BCUT2D eigenvalue weighted by atomic mass is 10.0. The van der Waals surface area contributed by atoms with E-state index >= 15 is 0 Å². The van der Waals surface area contributed by atoms with Crippen LogP contribution in [-0.4, -0.2) is 14.9 Å². The minimum atomic E-state index is -0.520. The highest BCUT2D eigenvalue weighted by molar-refractivity contribution is 5.81. The normalized spacial score (nSPS) is 12.8. The summed E-state index contributed by atoms with van der Waals surface area (Å²) in [4.78, 5) is 0. The van der Waals surface area contributed by atoms with Crippen molar-refractivity contribution in [1.29, 1.82) is 0 Å². The van der Waals surface area contributed by atoms with Crippen molar-refractivity contribution in [3.63, 3.8) is 0 Å². The molecule has 1 unspecified atom stereocenters. The van der Waals surface area contributed by atoms with Crippen molar-refractivity contribution in [2.24, 2.45) is 7.05 Å². The molecule has 0 fully saturated rings. The fraction of sp³-hybridized carbons (Fsp3) is 0.235. The van der Waals surface area contributed by atoms with Gasteiger partial charge in [-0.2, -0.15) is 5.10 Å². The average Bonchev–Trinajstić information content (AvgIpc) is 2.77. The minimum absolute atomic E-state index is 0.520. The van der Waals surface area contributed by atoms with E-state index in [-0.39, 0.29) is 0 Å². The van der Waals surface area contributed by atoms with Gasteiger partial charge in [0.15, 0.2) is 0 Å². The van der Waals surface area contributed by atoms with Crippen LogP contribution in [0.15, 0.2) is 48.5 Å². The molecule has 1 atom stereocenters. The number of aromatic nitrogens is 2. The zero-order valence-corrected chi connectivity index (χ0v) is 11.7. The molecular weight excluding hydrogens is 248 g/mol. The molecule has 1 heterocycles. The smallest absolute Gasteiger partial charge is 0.0846 e. The van der Waals surface area contributed by atoms with Gasteiger partial charge in [0.25, 0.3) is 0 Å². The summed E-state index contributed by atoms with van der Waals surface area (Å²) in [5, 5.41) is 16.0. The van der Waals surface area contributed by atoms with Gasteiger partial charge < -0.3 is 5.11 Å². The third-order valence-corrected chi connectivity index (χ3v) is 3.68. The molecule has 102 valence electrons. The van der Waals surface area contributed by atoms with Gasteiger partial charge in [-0.25, -0.2) is 0 Å². The molecule has 0 amide bonds. The minimum Gasteiger partial charge on any atom is -0.388 e. The highest BCUT2D eigenvalue weighted by Crippen LogP contribution is 2.23. The lowest BCUT2D eigenvalue weighted by molar-refractivity contribution is 0.177. The van der Waals surface area contributed by atoms with Gasteiger partial charge in [-0.15, -0.1) is 0 Å². The Morgan fingerprint density at radius 2 is 1.80 bits per heavy atom. The van der Waals surface area contributed by atoms with E-state index in [1.54, 1.807) is 0 Å². The molecular formula is C17H18N2O. The molecule has 3 heteroatoms. The Morgan fingerprint density at radius 3 is 2.55 bits per heavy atom. The van der Waals surface area contributed by atoms with Crippen LogP contribution in [0, 0.1) is 6.92 Å². The molecule has 0 radical (unpaired) electrons. The van der Waals surface area contributed by atoms with Crippen molar-refractivity contribution < 1.29 is 5.11 Å². The Bertz CT molecular complexity index is 728. The number of aliphatic hydroxyl groups excluding tert-OH is 1. The Hall–Kier alpha value is -2.13. The fourth-order valence-electron chi connectivity index (χ4n) is 2.53. The monoisotopic (exact) mass is 266 g/mol. The van der Waals surface area contributed by atoms with E-state index in [4.69, 9.17) is 0 Å². The van der Waals surface area contributed by atoms with E-state index in [1.165, 1.54) is 5.56 Å². The van der Waals surface area contributed by atoms with Gasteiger partial charge in [0.1, 0.15) is 0 Å². The van der Waals surface area contributed by atoms with Gasteiger partial charge in [0.2, 0.25) is 0 Å². The van der Waals surface area contributed by atoms with Crippen molar-refractivity contribution in [2.75, 3.05) is 0 Å². The van der Waals surface area contributed by atoms with E-state index in [1.807, 2.05) is 61.1 Å². The summed E-state index contributed by atoms with van der Waals surface area (Å²) in [6.45, 7) is 2.04. The number of rotatable bonds is 3. The number of aryl methyl sites for hydroxylation is 2. The first-order chi connectivity index (χ1) is 9.65. The highest BCUT2D eigenvalue weighted by atomic mass is 16.3. The van der Waals surface area contributed by atoms with Crippen LogP contribution < -0.4 is 0 Å². The average molecular weight is 266 g/mol. The predicted molar refractivity (Wildman–Crippen MR) is 80.6 cm³/mol. The summed E-state index contributed by atoms with van der Waals surface area (Å²) in [7, 11) is 1.93. The first kappa shape index (κ1) is 12.9. The van der Waals surface area contributed by atoms with Crippen LogP contribution in [0.5, 0.6) is 0 Å². The second-order valence-corrected chi connectivity index (χ2v) is 5.22. The molecule has 0 aliphatic carbocycles. The number of benzene rings is 2. The second-order valence-electron chi connectivity index (χ2n) is 5.22. The van der Waals surface area contributed by atoms with Gasteiger partial charge in [-0.05, 0) is 18.6 Å². The van der Waals surface area contributed by atoms with Crippen molar-refractivity contribution in [2.45, 2.75) is 19.4 Å². The molecule has 0 saturated carbocycles. The third kappa shape index (κ3) is 2.32. The molecule has 0 spiro atoms. The zero-order chi connectivity index (χ0) is 14.1. The van der Waals surface area contributed by atoms with Crippen molar-refractivity contribution in [1.82, 2.24) is 9.78 Å². The van der Waals surface area contributed by atoms with Crippen LogP contribution in [0.4, 0.5) is 0 Å². The second kappa shape index (κ2) is 5.10. The van der Waals surface area contributed by atoms with Crippen LogP contribution >= 0.6 is 0 Å². The summed E-state index contributed by atoms with van der Waals surface area (Å²) in [6, 6.07) is 16.1. The fourth-order valence-corrected chi connectivity index (χ4v) is 2.53.